The molecule has 0 saturated carbocycles. The first-order valence-electron chi connectivity index (χ1n) is 8.22. The molecule has 0 unspecified atom stereocenters. The molecular formula is C18H28N2O3. The van der Waals surface area contributed by atoms with Crippen LogP contribution >= 0.6 is 0 Å². The summed E-state index contributed by atoms with van der Waals surface area (Å²) in [5.41, 5.74) is 0.683. The topological polar surface area (TPSA) is 50.8 Å². The summed E-state index contributed by atoms with van der Waals surface area (Å²) in [7, 11) is 0. The van der Waals surface area contributed by atoms with Crippen molar-refractivity contribution in [1.82, 2.24) is 10.2 Å². The van der Waals surface area contributed by atoms with Gasteiger partial charge in [-0.2, -0.15) is 0 Å². The highest BCUT2D eigenvalue weighted by Crippen LogP contribution is 2.22. The van der Waals surface area contributed by atoms with E-state index >= 15 is 0 Å². The number of ether oxygens (including phenoxy) is 2. The fourth-order valence-electron chi connectivity index (χ4n) is 2.52. The van der Waals surface area contributed by atoms with Crippen LogP contribution in [0.1, 0.15) is 46.2 Å². The molecule has 1 amide bonds. The molecule has 23 heavy (non-hydrogen) atoms. The van der Waals surface area contributed by atoms with E-state index in [9.17, 15) is 4.79 Å². The van der Waals surface area contributed by atoms with E-state index < -0.39 is 5.60 Å². The summed E-state index contributed by atoms with van der Waals surface area (Å²) < 4.78 is 11.1. The van der Waals surface area contributed by atoms with Crippen LogP contribution in [0, 0.1) is 0 Å². The molecule has 1 N–H and O–H groups in total. The van der Waals surface area contributed by atoms with Crippen LogP contribution in [-0.4, -0.2) is 42.3 Å². The zero-order chi connectivity index (χ0) is 17.0. The van der Waals surface area contributed by atoms with Crippen LogP contribution in [0.4, 0.5) is 4.79 Å². The second-order valence-corrected chi connectivity index (χ2v) is 7.17. The van der Waals surface area contributed by atoms with Crippen molar-refractivity contribution in [2.75, 3.05) is 19.6 Å². The van der Waals surface area contributed by atoms with E-state index in [1.807, 2.05) is 58.9 Å². The molecule has 0 radical (unpaired) electrons. The van der Waals surface area contributed by atoms with Crippen molar-refractivity contribution in [2.24, 2.45) is 0 Å². The van der Waals surface area contributed by atoms with Gasteiger partial charge in [0.05, 0.1) is 12.1 Å². The number of hydrogen-bond donors (Lipinski definition) is 1. The highest BCUT2D eigenvalue weighted by atomic mass is 16.6. The van der Waals surface area contributed by atoms with Crippen molar-refractivity contribution in [3.63, 3.8) is 0 Å². The van der Waals surface area contributed by atoms with Crippen LogP contribution in [-0.2, 0) is 4.74 Å². The molecule has 1 heterocycles. The molecule has 5 nitrogen and oxygen atoms in total. The van der Waals surface area contributed by atoms with E-state index in [0.717, 1.165) is 17.9 Å². The summed E-state index contributed by atoms with van der Waals surface area (Å²) in [4.78, 5) is 14.0. The SMILES string of the molecule is CC(C)Oc1ccc([C@H]2CN(C(=O)OC(C)(C)C)CCN2)cc1. The summed E-state index contributed by atoms with van der Waals surface area (Å²) in [6.45, 7) is 11.7. The number of carbonyl (C=O) groups excluding carboxylic acids is 1. The van der Waals surface area contributed by atoms with Crippen LogP contribution < -0.4 is 10.1 Å². The Bertz CT molecular complexity index is 520. The molecule has 1 aromatic rings. The van der Waals surface area contributed by atoms with Crippen molar-refractivity contribution >= 4 is 6.09 Å². The van der Waals surface area contributed by atoms with Crippen molar-refractivity contribution in [1.29, 1.82) is 0 Å². The van der Waals surface area contributed by atoms with Gasteiger partial charge in [0.15, 0.2) is 0 Å². The van der Waals surface area contributed by atoms with Gasteiger partial charge in [-0.1, -0.05) is 12.1 Å². The van der Waals surface area contributed by atoms with Crippen molar-refractivity contribution in [3.8, 4) is 5.75 Å². The number of nitrogens with zero attached hydrogens (tertiary/aromatic N) is 1. The lowest BCUT2D eigenvalue weighted by molar-refractivity contribution is 0.0195. The van der Waals surface area contributed by atoms with Gasteiger partial charge in [0.2, 0.25) is 0 Å². The Hall–Kier alpha value is -1.75. The Kier molecular flexibility index (Phi) is 5.52. The summed E-state index contributed by atoms with van der Waals surface area (Å²) in [5, 5.41) is 3.45. The third kappa shape index (κ3) is 5.43. The average Bonchev–Trinajstić information content (AvgIpc) is 2.46. The second-order valence-electron chi connectivity index (χ2n) is 7.17. The Labute approximate surface area is 139 Å². The maximum Gasteiger partial charge on any atom is 0.410 e. The van der Waals surface area contributed by atoms with Crippen LogP contribution in [0.2, 0.25) is 0 Å². The summed E-state index contributed by atoms with van der Waals surface area (Å²) in [5.74, 6) is 0.864. The molecule has 1 atom stereocenters. The quantitative estimate of drug-likeness (QED) is 0.928. The largest absolute Gasteiger partial charge is 0.491 e. The number of rotatable bonds is 3. The molecule has 1 saturated heterocycles. The minimum atomic E-state index is -0.465. The Morgan fingerprint density at radius 1 is 1.26 bits per heavy atom. The van der Waals surface area contributed by atoms with Crippen molar-refractivity contribution in [2.45, 2.75) is 52.4 Å². The second kappa shape index (κ2) is 7.21. The number of amides is 1. The van der Waals surface area contributed by atoms with Gasteiger partial charge in [-0.3, -0.25) is 0 Å². The minimum Gasteiger partial charge on any atom is -0.491 e. The fraction of sp³-hybridized carbons (Fsp3) is 0.611. The van der Waals surface area contributed by atoms with E-state index in [0.29, 0.717) is 13.1 Å². The Morgan fingerprint density at radius 2 is 1.91 bits per heavy atom. The lowest BCUT2D eigenvalue weighted by Gasteiger charge is -2.35. The van der Waals surface area contributed by atoms with Gasteiger partial charge in [-0.25, -0.2) is 4.79 Å². The van der Waals surface area contributed by atoms with Crippen LogP contribution in [0.3, 0.4) is 0 Å². The Balaban J connectivity index is 1.99. The monoisotopic (exact) mass is 320 g/mol. The average molecular weight is 320 g/mol. The molecule has 0 aliphatic carbocycles. The predicted molar refractivity (Wildman–Crippen MR) is 90.8 cm³/mol. The van der Waals surface area contributed by atoms with Crippen LogP contribution in [0.25, 0.3) is 0 Å². The standard InChI is InChI=1S/C18H28N2O3/c1-13(2)22-15-8-6-14(7-9-15)16-12-20(11-10-19-16)17(21)23-18(3,4)5/h6-9,13,16,19H,10-12H2,1-5H3/t16-/m1/s1. The Morgan fingerprint density at radius 3 is 2.48 bits per heavy atom. The van der Waals surface area contributed by atoms with E-state index in [2.05, 4.69) is 5.32 Å². The maximum atomic E-state index is 12.2. The number of benzene rings is 1. The van der Waals surface area contributed by atoms with Gasteiger partial charge in [-0.05, 0) is 52.3 Å². The van der Waals surface area contributed by atoms with Gasteiger partial charge < -0.3 is 19.7 Å². The van der Waals surface area contributed by atoms with Gasteiger partial charge >= 0.3 is 6.09 Å². The van der Waals surface area contributed by atoms with E-state index in [4.69, 9.17) is 9.47 Å². The van der Waals surface area contributed by atoms with Gasteiger partial charge in [-0.15, -0.1) is 0 Å². The van der Waals surface area contributed by atoms with Gasteiger partial charge in [0, 0.05) is 19.6 Å². The van der Waals surface area contributed by atoms with E-state index in [1.165, 1.54) is 0 Å². The summed E-state index contributed by atoms with van der Waals surface area (Å²) in [6.07, 6.45) is -0.0833. The molecule has 5 heteroatoms. The normalized spacial score (nSPS) is 18.9. The van der Waals surface area contributed by atoms with Crippen molar-refractivity contribution in [3.05, 3.63) is 29.8 Å². The van der Waals surface area contributed by atoms with Gasteiger partial charge in [0.1, 0.15) is 11.4 Å². The predicted octanol–water partition coefficient (Wildman–Crippen LogP) is 3.36. The first-order chi connectivity index (χ1) is 10.7. The lowest BCUT2D eigenvalue weighted by Crippen LogP contribution is -2.49. The first-order valence-corrected chi connectivity index (χ1v) is 8.22. The van der Waals surface area contributed by atoms with E-state index in [-0.39, 0.29) is 18.2 Å². The minimum absolute atomic E-state index is 0.115. The highest BCUT2D eigenvalue weighted by molar-refractivity contribution is 5.68. The number of hydrogen-bond acceptors (Lipinski definition) is 4. The third-order valence-corrected chi connectivity index (χ3v) is 3.48. The van der Waals surface area contributed by atoms with Crippen LogP contribution in [0.15, 0.2) is 24.3 Å². The molecule has 0 bridgehead atoms. The van der Waals surface area contributed by atoms with Crippen LogP contribution in [0.5, 0.6) is 5.75 Å². The fourth-order valence-corrected chi connectivity index (χ4v) is 2.52. The number of carbonyl (C=O) groups is 1. The first kappa shape index (κ1) is 17.6. The molecule has 0 spiro atoms. The molecular weight excluding hydrogens is 292 g/mol. The molecule has 0 aromatic heterocycles. The molecule has 1 aromatic carbocycles. The van der Waals surface area contributed by atoms with Crippen molar-refractivity contribution < 1.29 is 14.3 Å². The zero-order valence-corrected chi connectivity index (χ0v) is 14.8. The summed E-state index contributed by atoms with van der Waals surface area (Å²) >= 11 is 0. The molecule has 1 fully saturated rings. The smallest absolute Gasteiger partial charge is 0.410 e. The zero-order valence-electron chi connectivity index (χ0n) is 14.8. The number of nitrogens with one attached hydrogen (secondary N) is 1. The maximum absolute atomic E-state index is 12.2. The highest BCUT2D eigenvalue weighted by Gasteiger charge is 2.28. The lowest BCUT2D eigenvalue weighted by atomic mass is 10.0. The molecule has 128 valence electrons. The summed E-state index contributed by atoms with van der Waals surface area (Å²) in [6, 6.07) is 8.17. The molecule has 2 rings (SSSR count). The van der Waals surface area contributed by atoms with E-state index in [1.54, 1.807) is 4.90 Å². The third-order valence-electron chi connectivity index (χ3n) is 3.48. The van der Waals surface area contributed by atoms with Gasteiger partial charge in [0.25, 0.3) is 0 Å². The molecule has 1 aliphatic heterocycles. The number of piperazine rings is 1. The molecule has 1 aliphatic rings.